The summed E-state index contributed by atoms with van der Waals surface area (Å²) in [6.07, 6.45) is 4.07. The number of hydrogen-bond donors (Lipinski definition) is 1. The summed E-state index contributed by atoms with van der Waals surface area (Å²) in [6.45, 7) is 2.12. The number of hydrogen-bond acceptors (Lipinski definition) is 3. The second kappa shape index (κ2) is 9.69. The van der Waals surface area contributed by atoms with Crippen LogP contribution in [0.15, 0.2) is 45.8 Å². The number of unbranched alkanes of at least 4 members (excludes halogenated alkanes) is 1. The predicted molar refractivity (Wildman–Crippen MR) is 122 cm³/mol. The summed E-state index contributed by atoms with van der Waals surface area (Å²) in [5.41, 5.74) is 1.96. The molecule has 2 atom stereocenters. The van der Waals surface area contributed by atoms with Gasteiger partial charge < -0.3 is 5.11 Å². The Labute approximate surface area is 191 Å². The minimum Gasteiger partial charge on any atom is -0.481 e. The van der Waals surface area contributed by atoms with Crippen molar-refractivity contribution in [3.63, 3.8) is 0 Å². The summed E-state index contributed by atoms with van der Waals surface area (Å²) in [5.74, 6) is -1.17. The lowest BCUT2D eigenvalue weighted by Crippen LogP contribution is -2.26. The number of carbonyl (C=O) groups is 1. The van der Waals surface area contributed by atoms with Gasteiger partial charge in [0.05, 0.1) is 15.1 Å². The van der Waals surface area contributed by atoms with Crippen molar-refractivity contribution in [3.05, 3.63) is 57.8 Å². The van der Waals surface area contributed by atoms with Crippen molar-refractivity contribution in [2.24, 2.45) is 5.92 Å². The van der Waals surface area contributed by atoms with Crippen LogP contribution in [-0.4, -0.2) is 26.5 Å². The summed E-state index contributed by atoms with van der Waals surface area (Å²) in [7, 11) is -2.30. The first-order chi connectivity index (χ1) is 14.6. The number of aliphatic carboxylic acids is 1. The third kappa shape index (κ3) is 5.12. The molecule has 0 amide bonds. The molecule has 0 aliphatic carbocycles. The first-order valence-electron chi connectivity index (χ1n) is 10.4. The van der Waals surface area contributed by atoms with Crippen molar-refractivity contribution in [3.8, 4) is 0 Å². The maximum atomic E-state index is 14.5. The Balaban J connectivity index is 1.93. The van der Waals surface area contributed by atoms with Crippen LogP contribution in [0.4, 0.5) is 10.1 Å². The number of carboxylic acid groups (broad SMARTS) is 1. The van der Waals surface area contributed by atoms with Gasteiger partial charge in [-0.15, -0.1) is 0 Å². The van der Waals surface area contributed by atoms with E-state index >= 15 is 0 Å². The number of halogens is 2. The highest BCUT2D eigenvalue weighted by Gasteiger charge is 2.35. The molecule has 0 saturated heterocycles. The zero-order chi connectivity index (χ0) is 22.8. The van der Waals surface area contributed by atoms with Crippen LogP contribution in [0.25, 0.3) is 0 Å². The van der Waals surface area contributed by atoms with Gasteiger partial charge in [-0.05, 0) is 70.4 Å². The second-order valence-electron chi connectivity index (χ2n) is 8.21. The van der Waals surface area contributed by atoms with E-state index in [4.69, 9.17) is 5.11 Å². The Morgan fingerprint density at radius 3 is 2.61 bits per heavy atom. The first kappa shape index (κ1) is 23.7. The van der Waals surface area contributed by atoms with Crippen molar-refractivity contribution in [1.82, 2.24) is 0 Å². The van der Waals surface area contributed by atoms with E-state index in [1.165, 1.54) is 23.5 Å². The third-order valence-electron chi connectivity index (χ3n) is 6.00. The summed E-state index contributed by atoms with van der Waals surface area (Å²) in [5, 5.41) is 8.78. The smallest absolute Gasteiger partial charge is 0.303 e. The van der Waals surface area contributed by atoms with E-state index < -0.39 is 21.8 Å². The van der Waals surface area contributed by atoms with Crippen LogP contribution in [0, 0.1) is 11.7 Å². The molecule has 0 saturated carbocycles. The summed E-state index contributed by atoms with van der Waals surface area (Å²) >= 11 is 3.13. The van der Waals surface area contributed by atoms with Gasteiger partial charge in [0.25, 0.3) is 10.0 Å². The lowest BCUT2D eigenvalue weighted by molar-refractivity contribution is -0.137. The van der Waals surface area contributed by atoms with Crippen molar-refractivity contribution >= 4 is 37.6 Å². The highest BCUT2D eigenvalue weighted by atomic mass is 79.9. The Hall–Kier alpha value is -1.93. The molecule has 2 aromatic rings. The van der Waals surface area contributed by atoms with Crippen molar-refractivity contribution < 1.29 is 22.7 Å². The Morgan fingerprint density at radius 2 is 1.90 bits per heavy atom. The van der Waals surface area contributed by atoms with Gasteiger partial charge in [0.1, 0.15) is 5.82 Å². The SMILES string of the molecule is C[C@@H](CCCCC(=O)O)CCC1c2ccccc2N(C)S(=O)(=O)c2cc(Br)c(F)cc21. The minimum atomic E-state index is -3.83. The number of sulfonamides is 1. The van der Waals surface area contributed by atoms with Crippen LogP contribution in [0.5, 0.6) is 0 Å². The van der Waals surface area contributed by atoms with E-state index in [0.29, 0.717) is 30.0 Å². The number of carboxylic acids is 1. The topological polar surface area (TPSA) is 74.7 Å². The third-order valence-corrected chi connectivity index (χ3v) is 8.44. The van der Waals surface area contributed by atoms with Crippen LogP contribution in [0.3, 0.4) is 0 Å². The lowest BCUT2D eigenvalue weighted by Gasteiger charge is -2.22. The molecule has 1 aliphatic heterocycles. The van der Waals surface area contributed by atoms with Gasteiger partial charge in [-0.25, -0.2) is 12.8 Å². The lowest BCUT2D eigenvalue weighted by atomic mass is 9.83. The van der Waals surface area contributed by atoms with Crippen LogP contribution in [-0.2, 0) is 14.8 Å². The molecule has 0 aromatic heterocycles. The monoisotopic (exact) mass is 511 g/mol. The molecule has 3 rings (SSSR count). The van der Waals surface area contributed by atoms with Gasteiger partial charge in [0, 0.05) is 19.4 Å². The van der Waals surface area contributed by atoms with Gasteiger partial charge >= 0.3 is 5.97 Å². The minimum absolute atomic E-state index is 0.124. The van der Waals surface area contributed by atoms with Gasteiger partial charge in [-0.2, -0.15) is 0 Å². The van der Waals surface area contributed by atoms with Crippen LogP contribution < -0.4 is 4.31 Å². The molecule has 1 N–H and O–H groups in total. The Morgan fingerprint density at radius 1 is 1.19 bits per heavy atom. The molecule has 0 radical (unpaired) electrons. The standard InChI is InChI=1S/C23H27BrFNO4S/c1-15(7-3-6-10-23(27)28)11-12-16-17-8-4-5-9-21(17)26(2)31(29,30)22-14-19(24)20(25)13-18(16)22/h4-5,8-9,13-16H,3,6-7,10-12H2,1-2H3,(H,27,28)/t15-,16?/m0/s1. The first-order valence-corrected chi connectivity index (χ1v) is 12.6. The van der Waals surface area contributed by atoms with Gasteiger partial charge in [-0.3, -0.25) is 9.10 Å². The fraction of sp³-hybridized carbons (Fsp3) is 0.435. The maximum absolute atomic E-state index is 14.5. The number of para-hydroxylation sites is 1. The molecule has 1 aliphatic rings. The largest absolute Gasteiger partial charge is 0.481 e. The van der Waals surface area contributed by atoms with Crippen molar-refractivity contribution in [2.45, 2.75) is 56.3 Å². The summed E-state index contributed by atoms with van der Waals surface area (Å²) in [6, 6.07) is 10.1. The quantitative estimate of drug-likeness (QED) is 0.446. The van der Waals surface area contributed by atoms with Crippen LogP contribution in [0.2, 0.25) is 0 Å². The molecular formula is C23H27BrFNO4S. The molecule has 1 unspecified atom stereocenters. The molecule has 31 heavy (non-hydrogen) atoms. The number of benzene rings is 2. The number of nitrogens with zero attached hydrogens (tertiary/aromatic N) is 1. The number of rotatable bonds is 8. The van der Waals surface area contributed by atoms with E-state index in [1.54, 1.807) is 12.1 Å². The number of anilines is 1. The maximum Gasteiger partial charge on any atom is 0.303 e. The van der Waals surface area contributed by atoms with Crippen LogP contribution in [0.1, 0.15) is 62.5 Å². The molecule has 168 valence electrons. The van der Waals surface area contributed by atoms with E-state index in [0.717, 1.165) is 24.8 Å². The van der Waals surface area contributed by atoms with Gasteiger partial charge in [0.2, 0.25) is 0 Å². The van der Waals surface area contributed by atoms with Gasteiger partial charge in [-0.1, -0.05) is 38.0 Å². The Kier molecular flexibility index (Phi) is 7.42. The molecule has 5 nitrogen and oxygen atoms in total. The van der Waals surface area contributed by atoms with E-state index in [2.05, 4.69) is 22.9 Å². The number of fused-ring (bicyclic) bond motifs is 2. The highest BCUT2D eigenvalue weighted by Crippen LogP contribution is 2.45. The average Bonchev–Trinajstić information content (AvgIpc) is 2.78. The van der Waals surface area contributed by atoms with Crippen LogP contribution >= 0.6 is 15.9 Å². The molecule has 0 fully saturated rings. The molecule has 2 aromatic carbocycles. The molecule has 0 bridgehead atoms. The van der Waals surface area contributed by atoms with Crippen molar-refractivity contribution in [2.75, 3.05) is 11.4 Å². The molecule has 0 spiro atoms. The molecule has 1 heterocycles. The van der Waals surface area contributed by atoms with E-state index in [9.17, 15) is 17.6 Å². The fourth-order valence-electron chi connectivity index (χ4n) is 4.23. The van der Waals surface area contributed by atoms with E-state index in [-0.39, 0.29) is 21.7 Å². The highest BCUT2D eigenvalue weighted by molar-refractivity contribution is 9.10. The van der Waals surface area contributed by atoms with Crippen molar-refractivity contribution in [1.29, 1.82) is 0 Å². The predicted octanol–water partition coefficient (Wildman–Crippen LogP) is 5.92. The molecular weight excluding hydrogens is 485 g/mol. The zero-order valence-corrected chi connectivity index (χ0v) is 20.0. The zero-order valence-electron chi connectivity index (χ0n) is 17.6. The fourth-order valence-corrected chi connectivity index (χ4v) is 6.21. The Bertz CT molecular complexity index is 1070. The summed E-state index contributed by atoms with van der Waals surface area (Å²) < 4.78 is 42.5. The normalized spacial score (nSPS) is 18.1. The second-order valence-corrected chi connectivity index (χ2v) is 11.0. The average molecular weight is 512 g/mol. The molecule has 8 heteroatoms. The van der Waals surface area contributed by atoms with E-state index in [1.807, 2.05) is 12.1 Å². The van der Waals surface area contributed by atoms with Gasteiger partial charge in [0.15, 0.2) is 0 Å². The summed E-state index contributed by atoms with van der Waals surface area (Å²) in [4.78, 5) is 10.8.